The first kappa shape index (κ1) is 13.1. The van der Waals surface area contributed by atoms with Gasteiger partial charge in [0.05, 0.1) is 0 Å². The van der Waals surface area contributed by atoms with Gasteiger partial charge in [-0.2, -0.15) is 0 Å². The van der Waals surface area contributed by atoms with Gasteiger partial charge < -0.3 is 0 Å². The molecule has 1 aromatic rings. The highest BCUT2D eigenvalue weighted by Crippen LogP contribution is 2.42. The van der Waals surface area contributed by atoms with Crippen LogP contribution in [0.15, 0.2) is 41.0 Å². The van der Waals surface area contributed by atoms with Gasteiger partial charge in [0.2, 0.25) is 0 Å². The van der Waals surface area contributed by atoms with E-state index >= 15 is 0 Å². The standard InChI is InChI=1S/C18H24/c1-11(2)16-7-9-17(10-8-16)18-14(5)12(3)13(4)15(18)6/h7-11,14H,1-6H3/t14-/m0/s1. The van der Waals surface area contributed by atoms with E-state index in [1.807, 2.05) is 0 Å². The van der Waals surface area contributed by atoms with Crippen LogP contribution in [0.25, 0.3) is 5.57 Å². The Morgan fingerprint density at radius 3 is 1.83 bits per heavy atom. The maximum atomic E-state index is 2.32. The molecule has 0 saturated heterocycles. The molecule has 0 saturated carbocycles. The second kappa shape index (κ2) is 4.76. The normalized spacial score (nSPS) is 20.3. The van der Waals surface area contributed by atoms with E-state index in [2.05, 4.69) is 65.8 Å². The van der Waals surface area contributed by atoms with Gasteiger partial charge >= 0.3 is 0 Å². The van der Waals surface area contributed by atoms with Crippen molar-refractivity contribution in [2.24, 2.45) is 5.92 Å². The summed E-state index contributed by atoms with van der Waals surface area (Å²) in [6.45, 7) is 13.6. The van der Waals surface area contributed by atoms with Gasteiger partial charge in [-0.3, -0.25) is 0 Å². The molecule has 1 aromatic carbocycles. The Hall–Kier alpha value is -1.30. The van der Waals surface area contributed by atoms with E-state index in [-0.39, 0.29) is 0 Å². The van der Waals surface area contributed by atoms with E-state index < -0.39 is 0 Å². The highest BCUT2D eigenvalue weighted by Gasteiger charge is 2.24. The van der Waals surface area contributed by atoms with Crippen molar-refractivity contribution in [2.75, 3.05) is 0 Å². The van der Waals surface area contributed by atoms with Crippen molar-refractivity contribution in [1.29, 1.82) is 0 Å². The smallest absolute Gasteiger partial charge is 0.00315 e. The zero-order chi connectivity index (χ0) is 13.4. The summed E-state index contributed by atoms with van der Waals surface area (Å²) in [4.78, 5) is 0. The SMILES string of the molecule is CC1=C(C)[C@H](C)C(c2ccc(C(C)C)cc2)=C1C. The molecule has 1 atom stereocenters. The van der Waals surface area contributed by atoms with Crippen molar-refractivity contribution in [1.82, 2.24) is 0 Å². The third-order valence-electron chi connectivity index (χ3n) is 4.53. The Labute approximate surface area is 111 Å². The number of benzene rings is 1. The first-order chi connectivity index (χ1) is 8.43. The van der Waals surface area contributed by atoms with Gasteiger partial charge in [0.15, 0.2) is 0 Å². The summed E-state index contributed by atoms with van der Waals surface area (Å²) in [7, 11) is 0. The lowest BCUT2D eigenvalue weighted by Gasteiger charge is -2.14. The Morgan fingerprint density at radius 1 is 0.889 bits per heavy atom. The number of hydrogen-bond acceptors (Lipinski definition) is 0. The molecule has 0 unspecified atom stereocenters. The number of allylic oxidation sites excluding steroid dienone is 4. The van der Waals surface area contributed by atoms with Crippen LogP contribution < -0.4 is 0 Å². The maximum Gasteiger partial charge on any atom is 0.00315 e. The van der Waals surface area contributed by atoms with Crippen LogP contribution in [0.1, 0.15) is 58.6 Å². The van der Waals surface area contributed by atoms with Crippen LogP contribution in [-0.2, 0) is 0 Å². The zero-order valence-electron chi connectivity index (χ0n) is 12.5. The average molecular weight is 240 g/mol. The molecule has 0 fully saturated rings. The Bertz CT molecular complexity index is 509. The van der Waals surface area contributed by atoms with Crippen LogP contribution >= 0.6 is 0 Å². The van der Waals surface area contributed by atoms with Crippen LogP contribution in [-0.4, -0.2) is 0 Å². The number of hydrogen-bond donors (Lipinski definition) is 0. The first-order valence-corrected chi connectivity index (χ1v) is 6.92. The summed E-state index contributed by atoms with van der Waals surface area (Å²) in [5.41, 5.74) is 8.79. The van der Waals surface area contributed by atoms with Crippen LogP contribution in [0.2, 0.25) is 0 Å². The molecule has 2 rings (SSSR count). The fraction of sp³-hybridized carbons (Fsp3) is 0.444. The van der Waals surface area contributed by atoms with E-state index in [1.54, 1.807) is 0 Å². The second-order valence-electron chi connectivity index (χ2n) is 5.85. The van der Waals surface area contributed by atoms with Crippen molar-refractivity contribution in [3.8, 4) is 0 Å². The van der Waals surface area contributed by atoms with E-state index in [9.17, 15) is 0 Å². The van der Waals surface area contributed by atoms with Crippen LogP contribution in [0.4, 0.5) is 0 Å². The van der Waals surface area contributed by atoms with Gasteiger partial charge in [-0.05, 0) is 54.5 Å². The van der Waals surface area contributed by atoms with Crippen LogP contribution in [0.3, 0.4) is 0 Å². The van der Waals surface area contributed by atoms with E-state index in [1.165, 1.54) is 33.4 Å². The molecule has 0 radical (unpaired) electrons. The summed E-state index contributed by atoms with van der Waals surface area (Å²) >= 11 is 0. The van der Waals surface area contributed by atoms with E-state index in [4.69, 9.17) is 0 Å². The molecule has 0 nitrogen and oxygen atoms in total. The Kier molecular flexibility index (Phi) is 3.47. The molecule has 0 bridgehead atoms. The van der Waals surface area contributed by atoms with Gasteiger partial charge in [-0.25, -0.2) is 0 Å². The van der Waals surface area contributed by atoms with E-state index in [0.717, 1.165) is 0 Å². The molecular weight excluding hydrogens is 216 g/mol. The quantitative estimate of drug-likeness (QED) is 0.634. The minimum atomic E-state index is 0.565. The lowest BCUT2D eigenvalue weighted by atomic mass is 9.90. The molecule has 96 valence electrons. The summed E-state index contributed by atoms with van der Waals surface area (Å²) in [5, 5.41) is 0. The molecule has 1 aliphatic rings. The van der Waals surface area contributed by atoms with Gasteiger partial charge in [0, 0.05) is 5.92 Å². The maximum absolute atomic E-state index is 2.32. The molecule has 0 heterocycles. The minimum absolute atomic E-state index is 0.565. The minimum Gasteiger partial charge on any atom is -0.0629 e. The first-order valence-electron chi connectivity index (χ1n) is 6.92. The number of rotatable bonds is 2. The average Bonchev–Trinajstić information content (AvgIpc) is 2.54. The molecule has 0 aliphatic heterocycles. The molecule has 18 heavy (non-hydrogen) atoms. The summed E-state index contributed by atoms with van der Waals surface area (Å²) in [6, 6.07) is 9.12. The summed E-state index contributed by atoms with van der Waals surface area (Å²) in [6.07, 6.45) is 0. The van der Waals surface area contributed by atoms with Crippen molar-refractivity contribution in [3.05, 3.63) is 52.1 Å². The van der Waals surface area contributed by atoms with Gasteiger partial charge in [0.25, 0.3) is 0 Å². The molecular formula is C18H24. The Morgan fingerprint density at radius 2 is 1.44 bits per heavy atom. The molecule has 0 amide bonds. The lowest BCUT2D eigenvalue weighted by molar-refractivity contribution is 0.864. The van der Waals surface area contributed by atoms with Crippen molar-refractivity contribution in [2.45, 2.75) is 47.5 Å². The fourth-order valence-corrected chi connectivity index (χ4v) is 2.88. The van der Waals surface area contributed by atoms with Crippen molar-refractivity contribution in [3.63, 3.8) is 0 Å². The van der Waals surface area contributed by atoms with Crippen molar-refractivity contribution >= 4 is 5.57 Å². The van der Waals surface area contributed by atoms with Gasteiger partial charge in [-0.15, -0.1) is 0 Å². The largest absolute Gasteiger partial charge is 0.0629 e. The van der Waals surface area contributed by atoms with Crippen molar-refractivity contribution < 1.29 is 0 Å². The summed E-state index contributed by atoms with van der Waals surface area (Å²) < 4.78 is 0. The predicted octanol–water partition coefficient (Wildman–Crippen LogP) is 5.57. The van der Waals surface area contributed by atoms with Crippen LogP contribution in [0.5, 0.6) is 0 Å². The third-order valence-corrected chi connectivity index (χ3v) is 4.53. The zero-order valence-corrected chi connectivity index (χ0v) is 12.5. The van der Waals surface area contributed by atoms with E-state index in [0.29, 0.717) is 11.8 Å². The van der Waals surface area contributed by atoms with Gasteiger partial charge in [0.1, 0.15) is 0 Å². The summed E-state index contributed by atoms with van der Waals surface area (Å²) in [5.74, 6) is 1.17. The second-order valence-corrected chi connectivity index (χ2v) is 5.85. The highest BCUT2D eigenvalue weighted by molar-refractivity contribution is 5.79. The molecule has 0 spiro atoms. The fourth-order valence-electron chi connectivity index (χ4n) is 2.88. The monoisotopic (exact) mass is 240 g/mol. The highest BCUT2D eigenvalue weighted by atomic mass is 14.3. The van der Waals surface area contributed by atoms with Gasteiger partial charge in [-0.1, -0.05) is 50.6 Å². The molecule has 1 aliphatic carbocycles. The van der Waals surface area contributed by atoms with Crippen LogP contribution in [0, 0.1) is 5.92 Å². The lowest BCUT2D eigenvalue weighted by Crippen LogP contribution is -1.97. The topological polar surface area (TPSA) is 0 Å². The third kappa shape index (κ3) is 2.05. The molecule has 0 N–H and O–H groups in total. The predicted molar refractivity (Wildman–Crippen MR) is 80.7 cm³/mol. The Balaban J connectivity index is 2.40. The molecule has 0 heteroatoms. The molecule has 0 aromatic heterocycles.